The van der Waals surface area contributed by atoms with Crippen LogP contribution >= 0.6 is 22.4 Å². The molecular weight excluding hydrogens is 623 g/mol. The van der Waals surface area contributed by atoms with Crippen molar-refractivity contribution in [3.05, 3.63) is 64.4 Å². The highest BCUT2D eigenvalue weighted by Crippen LogP contribution is 2.49. The average Bonchev–Trinajstić information content (AvgIpc) is 3.13. The third-order valence-corrected chi connectivity index (χ3v) is 11.5. The standard InChI is InChI=1S/C32H44ClFN4O6S/c33-22-11-9-21(10-12-22)26(16-14-25-6-1-2-17-44-25)30(37-32(40)41)31(39)36-29-8-3-7-28(34)27(29)15-13-24-19-35-23-5-4-18-45(42,43)38(24)20-23/h3,7-12,23-26,30,35,37,42-43H,1-2,4-6,13-20H2,(H,36,39)(H,40,41)/t23?,24?,25?,26-,30+/m1/s1. The maximum absolute atomic E-state index is 15.3. The monoisotopic (exact) mass is 666 g/mol. The Hall–Kier alpha value is -2.45. The maximum atomic E-state index is 15.3. The van der Waals surface area contributed by atoms with Crippen molar-refractivity contribution >= 4 is 40.1 Å². The van der Waals surface area contributed by atoms with Crippen molar-refractivity contribution in [1.29, 1.82) is 0 Å². The van der Waals surface area contributed by atoms with Crippen LogP contribution in [0.15, 0.2) is 42.5 Å². The number of hydrogen-bond acceptors (Lipinski definition) is 7. The highest BCUT2D eigenvalue weighted by Gasteiger charge is 2.38. The zero-order valence-electron chi connectivity index (χ0n) is 25.3. The number of fused-ring (bicyclic) bond motifs is 2. The first kappa shape index (κ1) is 33.9. The van der Waals surface area contributed by atoms with Crippen LogP contribution in [0.25, 0.3) is 0 Å². The Balaban J connectivity index is 1.35. The molecule has 3 fully saturated rings. The van der Waals surface area contributed by atoms with Gasteiger partial charge in [-0.05, 0) is 87.6 Å². The van der Waals surface area contributed by atoms with Crippen LogP contribution in [0.5, 0.6) is 0 Å². The number of ether oxygens (including phenoxy) is 1. The van der Waals surface area contributed by atoms with Crippen LogP contribution in [-0.2, 0) is 16.0 Å². The van der Waals surface area contributed by atoms with Crippen molar-refractivity contribution in [3.63, 3.8) is 0 Å². The number of nitrogens with one attached hydrogen (secondary N) is 3. The molecule has 5 rings (SSSR count). The first-order chi connectivity index (χ1) is 21.6. The number of halogens is 2. The van der Waals surface area contributed by atoms with E-state index in [9.17, 15) is 23.8 Å². The minimum atomic E-state index is -2.91. The van der Waals surface area contributed by atoms with Gasteiger partial charge in [0.2, 0.25) is 5.91 Å². The molecule has 13 heteroatoms. The molecule has 3 heterocycles. The van der Waals surface area contributed by atoms with Gasteiger partial charge in [0.25, 0.3) is 0 Å². The molecule has 6 N–H and O–H groups in total. The van der Waals surface area contributed by atoms with Gasteiger partial charge in [-0.3, -0.25) is 13.9 Å². The molecule has 2 amide bonds. The first-order valence-electron chi connectivity index (χ1n) is 15.8. The van der Waals surface area contributed by atoms with Crippen LogP contribution in [-0.4, -0.2) is 80.2 Å². The third kappa shape index (κ3) is 8.88. The van der Waals surface area contributed by atoms with E-state index in [1.807, 2.05) is 0 Å². The Morgan fingerprint density at radius 1 is 1.11 bits per heavy atom. The Bertz CT molecular complexity index is 1320. The summed E-state index contributed by atoms with van der Waals surface area (Å²) >= 11 is 6.14. The van der Waals surface area contributed by atoms with E-state index in [-0.39, 0.29) is 35.9 Å². The van der Waals surface area contributed by atoms with Gasteiger partial charge in [-0.25, -0.2) is 13.5 Å². The van der Waals surface area contributed by atoms with E-state index in [4.69, 9.17) is 16.3 Å². The number of carboxylic acid groups (broad SMARTS) is 1. The van der Waals surface area contributed by atoms with Gasteiger partial charge in [0.15, 0.2) is 0 Å². The number of piperazine rings is 1. The van der Waals surface area contributed by atoms with Gasteiger partial charge < -0.3 is 25.8 Å². The van der Waals surface area contributed by atoms with Crippen LogP contribution in [0.3, 0.4) is 0 Å². The van der Waals surface area contributed by atoms with Gasteiger partial charge in [-0.1, -0.05) is 29.8 Å². The molecule has 6 atom stereocenters. The van der Waals surface area contributed by atoms with Crippen molar-refractivity contribution in [2.45, 2.75) is 87.9 Å². The third-order valence-electron chi connectivity index (χ3n) is 9.24. The second kappa shape index (κ2) is 15.4. The molecular formula is C32H44ClFN4O6S. The molecule has 4 unspecified atom stereocenters. The number of carbonyl (C=O) groups is 2. The molecule has 2 bridgehead atoms. The van der Waals surface area contributed by atoms with Gasteiger partial charge in [-0.15, -0.1) is 10.8 Å². The number of anilines is 1. The lowest BCUT2D eigenvalue weighted by Gasteiger charge is -2.49. The smallest absolute Gasteiger partial charge is 0.405 e. The van der Waals surface area contributed by atoms with E-state index in [0.717, 1.165) is 37.7 Å². The van der Waals surface area contributed by atoms with Crippen LogP contribution in [0, 0.1) is 5.82 Å². The fourth-order valence-corrected chi connectivity index (χ4v) is 8.83. The summed E-state index contributed by atoms with van der Waals surface area (Å²) in [4.78, 5) is 25.9. The van der Waals surface area contributed by atoms with Gasteiger partial charge in [0, 0.05) is 54.0 Å². The Morgan fingerprint density at radius 3 is 2.64 bits per heavy atom. The lowest BCUT2D eigenvalue weighted by atomic mass is 9.85. The molecule has 45 heavy (non-hydrogen) atoms. The number of amides is 2. The summed E-state index contributed by atoms with van der Waals surface area (Å²) in [6, 6.07) is 10.2. The zero-order chi connectivity index (χ0) is 32.0. The maximum Gasteiger partial charge on any atom is 0.405 e. The van der Waals surface area contributed by atoms with E-state index < -0.39 is 40.6 Å². The van der Waals surface area contributed by atoms with Crippen molar-refractivity contribution in [2.75, 3.05) is 30.8 Å². The normalized spacial score (nSPS) is 26.6. The Labute approximate surface area is 270 Å². The molecule has 2 aromatic rings. The van der Waals surface area contributed by atoms with Crippen molar-refractivity contribution in [1.82, 2.24) is 14.9 Å². The minimum absolute atomic E-state index is 0.0316. The number of benzene rings is 2. The topological polar surface area (TPSA) is 143 Å². The van der Waals surface area contributed by atoms with Gasteiger partial charge in [0.05, 0.1) is 11.9 Å². The molecule has 0 aromatic heterocycles. The average molecular weight is 667 g/mol. The summed E-state index contributed by atoms with van der Waals surface area (Å²) in [5.41, 5.74) is 1.29. The van der Waals surface area contributed by atoms with Crippen molar-refractivity contribution in [3.8, 4) is 0 Å². The van der Waals surface area contributed by atoms with Crippen LogP contribution in [0.4, 0.5) is 14.9 Å². The molecule has 0 radical (unpaired) electrons. The molecule has 10 nitrogen and oxygen atoms in total. The lowest BCUT2D eigenvalue weighted by Crippen LogP contribution is -2.55. The number of hydrogen-bond donors (Lipinski definition) is 6. The SMILES string of the molecule is O=C(O)N[C@H](C(=O)Nc1cccc(F)c1CCC1CNC2CCCS(O)(O)N1C2)[C@H](CCC1CCCCO1)c1ccc(Cl)cc1. The molecule has 248 valence electrons. The summed E-state index contributed by atoms with van der Waals surface area (Å²) in [6.45, 7) is 1.76. The first-order valence-corrected chi connectivity index (χ1v) is 17.9. The van der Waals surface area contributed by atoms with E-state index in [1.54, 1.807) is 34.6 Å². The van der Waals surface area contributed by atoms with Gasteiger partial charge in [-0.2, -0.15) is 0 Å². The van der Waals surface area contributed by atoms with Crippen LogP contribution in [0.1, 0.15) is 68.4 Å². The number of rotatable bonds is 11. The van der Waals surface area contributed by atoms with Crippen LogP contribution < -0.4 is 16.0 Å². The molecule has 2 aromatic carbocycles. The summed E-state index contributed by atoms with van der Waals surface area (Å²) in [7, 11) is -2.91. The highest BCUT2D eigenvalue weighted by atomic mass is 35.5. The van der Waals surface area contributed by atoms with Gasteiger partial charge in [0.1, 0.15) is 11.9 Å². The van der Waals surface area contributed by atoms with Crippen molar-refractivity contribution < 1.29 is 32.9 Å². The van der Waals surface area contributed by atoms with Gasteiger partial charge >= 0.3 is 6.09 Å². The quantitative estimate of drug-likeness (QED) is 0.166. The minimum Gasteiger partial charge on any atom is -0.465 e. The Morgan fingerprint density at radius 2 is 1.91 bits per heavy atom. The van der Waals surface area contributed by atoms with E-state index >= 15 is 4.39 Å². The second-order valence-corrected chi connectivity index (χ2v) is 14.9. The number of nitrogens with zero attached hydrogens (tertiary/aromatic N) is 1. The summed E-state index contributed by atoms with van der Waals surface area (Å²) in [5, 5.41) is 19.0. The Kier molecular flexibility index (Phi) is 11.6. The molecule has 3 saturated heterocycles. The molecule has 0 spiro atoms. The van der Waals surface area contributed by atoms with Crippen LogP contribution in [0.2, 0.25) is 5.02 Å². The summed E-state index contributed by atoms with van der Waals surface area (Å²) in [6.07, 6.45) is 5.07. The fraction of sp³-hybridized carbons (Fsp3) is 0.562. The second-order valence-electron chi connectivity index (χ2n) is 12.3. The van der Waals surface area contributed by atoms with E-state index in [0.29, 0.717) is 49.7 Å². The number of carbonyl (C=O) groups excluding carboxylic acids is 1. The molecule has 0 saturated carbocycles. The largest absolute Gasteiger partial charge is 0.465 e. The van der Waals surface area contributed by atoms with E-state index in [2.05, 4.69) is 16.0 Å². The predicted octanol–water partition coefficient (Wildman–Crippen LogP) is 6.22. The molecule has 3 aliphatic rings. The summed E-state index contributed by atoms with van der Waals surface area (Å²) in [5.74, 6) is -1.31. The molecule has 0 aliphatic carbocycles. The lowest BCUT2D eigenvalue weighted by molar-refractivity contribution is -0.118. The predicted molar refractivity (Wildman–Crippen MR) is 175 cm³/mol. The molecule has 3 aliphatic heterocycles. The fourth-order valence-electron chi connectivity index (χ4n) is 6.84. The summed E-state index contributed by atoms with van der Waals surface area (Å²) < 4.78 is 44.6. The highest BCUT2D eigenvalue weighted by molar-refractivity contribution is 8.22. The van der Waals surface area contributed by atoms with Crippen molar-refractivity contribution in [2.24, 2.45) is 0 Å². The zero-order valence-corrected chi connectivity index (χ0v) is 26.9. The van der Waals surface area contributed by atoms with E-state index in [1.165, 1.54) is 12.1 Å².